The Kier molecular flexibility index (Phi) is 4.83. The first-order valence-electron chi connectivity index (χ1n) is 7.40. The molecule has 0 spiro atoms. The van der Waals surface area contributed by atoms with Crippen molar-refractivity contribution in [2.75, 3.05) is 13.1 Å². The van der Waals surface area contributed by atoms with Gasteiger partial charge in [-0.15, -0.1) is 0 Å². The molecule has 1 aromatic carbocycles. The standard InChI is InChI=1S/C16H26N2O/c1-3-13-8-9-18(15(10-13)11-17)12(2)14-4-6-16(19)7-5-14/h4-7,12-13,15,19H,3,8-11,17H2,1-2H3. The minimum Gasteiger partial charge on any atom is -0.508 e. The Balaban J connectivity index is 2.09. The second kappa shape index (κ2) is 6.40. The summed E-state index contributed by atoms with van der Waals surface area (Å²) in [5.74, 6) is 1.16. The van der Waals surface area contributed by atoms with Gasteiger partial charge in [-0.05, 0) is 49.9 Å². The Hall–Kier alpha value is -1.06. The number of likely N-dealkylation sites (tertiary alicyclic amines) is 1. The van der Waals surface area contributed by atoms with Gasteiger partial charge in [-0.25, -0.2) is 0 Å². The quantitative estimate of drug-likeness (QED) is 0.877. The lowest BCUT2D eigenvalue weighted by Gasteiger charge is -2.42. The summed E-state index contributed by atoms with van der Waals surface area (Å²) >= 11 is 0. The Bertz CT molecular complexity index is 390. The Labute approximate surface area is 116 Å². The fourth-order valence-electron chi connectivity index (χ4n) is 3.21. The lowest BCUT2D eigenvalue weighted by atomic mass is 9.87. The van der Waals surface area contributed by atoms with Gasteiger partial charge in [-0.2, -0.15) is 0 Å². The molecule has 3 nitrogen and oxygen atoms in total. The van der Waals surface area contributed by atoms with Gasteiger partial charge in [-0.3, -0.25) is 4.90 Å². The summed E-state index contributed by atoms with van der Waals surface area (Å²) in [4.78, 5) is 2.53. The third-order valence-corrected chi connectivity index (χ3v) is 4.59. The molecule has 1 heterocycles. The van der Waals surface area contributed by atoms with Crippen molar-refractivity contribution in [2.45, 2.75) is 45.2 Å². The van der Waals surface area contributed by atoms with Crippen LogP contribution in [-0.4, -0.2) is 29.1 Å². The van der Waals surface area contributed by atoms with Gasteiger partial charge in [0, 0.05) is 18.6 Å². The van der Waals surface area contributed by atoms with Gasteiger partial charge in [0.1, 0.15) is 5.75 Å². The molecule has 1 fully saturated rings. The molecule has 0 saturated carbocycles. The summed E-state index contributed by atoms with van der Waals surface area (Å²) in [6.07, 6.45) is 3.75. The van der Waals surface area contributed by atoms with E-state index >= 15 is 0 Å². The highest BCUT2D eigenvalue weighted by Gasteiger charge is 2.30. The molecule has 1 saturated heterocycles. The van der Waals surface area contributed by atoms with Crippen LogP contribution in [0.3, 0.4) is 0 Å². The van der Waals surface area contributed by atoms with Gasteiger partial charge in [0.2, 0.25) is 0 Å². The van der Waals surface area contributed by atoms with E-state index in [2.05, 4.69) is 18.7 Å². The van der Waals surface area contributed by atoms with E-state index in [1.54, 1.807) is 12.1 Å². The van der Waals surface area contributed by atoms with Crippen LogP contribution in [-0.2, 0) is 0 Å². The van der Waals surface area contributed by atoms with Crippen LogP contribution in [0.25, 0.3) is 0 Å². The molecule has 3 heteroatoms. The molecule has 1 aliphatic heterocycles. The van der Waals surface area contributed by atoms with Crippen LogP contribution in [0, 0.1) is 5.92 Å². The number of benzene rings is 1. The van der Waals surface area contributed by atoms with Crippen molar-refractivity contribution >= 4 is 0 Å². The first-order chi connectivity index (χ1) is 9.15. The van der Waals surface area contributed by atoms with Crippen LogP contribution < -0.4 is 5.73 Å². The van der Waals surface area contributed by atoms with Crippen molar-refractivity contribution in [3.05, 3.63) is 29.8 Å². The Morgan fingerprint density at radius 2 is 2.05 bits per heavy atom. The number of hydrogen-bond acceptors (Lipinski definition) is 3. The summed E-state index contributed by atoms with van der Waals surface area (Å²) in [7, 11) is 0. The van der Waals surface area contributed by atoms with Crippen LogP contribution in [0.1, 0.15) is 44.7 Å². The van der Waals surface area contributed by atoms with E-state index in [9.17, 15) is 5.11 Å². The molecular weight excluding hydrogens is 236 g/mol. The summed E-state index contributed by atoms with van der Waals surface area (Å²) in [5, 5.41) is 9.38. The monoisotopic (exact) mass is 262 g/mol. The molecule has 3 N–H and O–H groups in total. The second-order valence-electron chi connectivity index (χ2n) is 5.69. The van der Waals surface area contributed by atoms with Crippen molar-refractivity contribution < 1.29 is 5.11 Å². The Morgan fingerprint density at radius 1 is 1.37 bits per heavy atom. The number of piperidine rings is 1. The number of rotatable bonds is 4. The average Bonchev–Trinajstić information content (AvgIpc) is 2.46. The molecule has 2 rings (SSSR count). The molecule has 19 heavy (non-hydrogen) atoms. The highest BCUT2D eigenvalue weighted by atomic mass is 16.3. The van der Waals surface area contributed by atoms with E-state index < -0.39 is 0 Å². The number of nitrogens with zero attached hydrogens (tertiary/aromatic N) is 1. The van der Waals surface area contributed by atoms with Crippen LogP contribution in [0.5, 0.6) is 5.75 Å². The maximum atomic E-state index is 9.38. The Morgan fingerprint density at radius 3 is 2.63 bits per heavy atom. The molecule has 0 amide bonds. The van der Waals surface area contributed by atoms with Crippen LogP contribution in [0.15, 0.2) is 24.3 Å². The van der Waals surface area contributed by atoms with Crippen molar-refractivity contribution in [3.8, 4) is 5.75 Å². The second-order valence-corrected chi connectivity index (χ2v) is 5.69. The summed E-state index contributed by atoms with van der Waals surface area (Å²) in [6, 6.07) is 8.41. The molecule has 0 aromatic heterocycles. The molecule has 3 unspecified atom stereocenters. The molecule has 0 bridgehead atoms. The lowest BCUT2D eigenvalue weighted by Crippen LogP contribution is -2.47. The molecule has 106 valence electrons. The van der Waals surface area contributed by atoms with Gasteiger partial charge >= 0.3 is 0 Å². The lowest BCUT2D eigenvalue weighted by molar-refractivity contribution is 0.0772. The van der Waals surface area contributed by atoms with E-state index in [-0.39, 0.29) is 0 Å². The maximum absolute atomic E-state index is 9.38. The minimum absolute atomic E-state index is 0.330. The number of aromatic hydroxyl groups is 1. The summed E-state index contributed by atoms with van der Waals surface area (Å²) in [5.41, 5.74) is 7.22. The SMILES string of the molecule is CCC1CCN(C(C)c2ccc(O)cc2)C(CN)C1. The van der Waals surface area contributed by atoms with Gasteiger partial charge in [-0.1, -0.05) is 25.5 Å². The number of phenols is 1. The van der Waals surface area contributed by atoms with Crippen LogP contribution in [0.4, 0.5) is 0 Å². The molecule has 0 radical (unpaired) electrons. The van der Waals surface area contributed by atoms with Gasteiger partial charge in [0.15, 0.2) is 0 Å². The van der Waals surface area contributed by atoms with Crippen molar-refractivity contribution in [3.63, 3.8) is 0 Å². The first kappa shape index (κ1) is 14.4. The van der Waals surface area contributed by atoms with E-state index in [0.717, 1.165) is 19.0 Å². The minimum atomic E-state index is 0.330. The summed E-state index contributed by atoms with van der Waals surface area (Å²) < 4.78 is 0. The number of hydrogen-bond donors (Lipinski definition) is 2. The van der Waals surface area contributed by atoms with E-state index in [4.69, 9.17) is 5.73 Å². The zero-order valence-electron chi connectivity index (χ0n) is 12.0. The van der Waals surface area contributed by atoms with E-state index in [0.29, 0.717) is 17.8 Å². The third kappa shape index (κ3) is 3.28. The maximum Gasteiger partial charge on any atom is 0.115 e. The van der Waals surface area contributed by atoms with Crippen LogP contribution in [0.2, 0.25) is 0 Å². The number of nitrogens with two attached hydrogens (primary N) is 1. The van der Waals surface area contributed by atoms with Crippen molar-refractivity contribution in [1.82, 2.24) is 4.90 Å². The third-order valence-electron chi connectivity index (χ3n) is 4.59. The highest BCUT2D eigenvalue weighted by molar-refractivity contribution is 5.28. The van der Waals surface area contributed by atoms with Gasteiger partial charge in [0.05, 0.1) is 0 Å². The van der Waals surface area contributed by atoms with Gasteiger partial charge in [0.25, 0.3) is 0 Å². The van der Waals surface area contributed by atoms with Crippen molar-refractivity contribution in [1.29, 1.82) is 0 Å². The molecule has 1 aromatic rings. The fraction of sp³-hybridized carbons (Fsp3) is 0.625. The number of phenolic OH excluding ortho intramolecular Hbond substituents is 1. The normalized spacial score (nSPS) is 26.3. The molecule has 0 aliphatic carbocycles. The molecular formula is C16H26N2O. The van der Waals surface area contributed by atoms with E-state index in [1.165, 1.54) is 24.8 Å². The smallest absolute Gasteiger partial charge is 0.115 e. The predicted octanol–water partition coefficient (Wildman–Crippen LogP) is 2.90. The molecule has 1 aliphatic rings. The predicted molar refractivity (Wildman–Crippen MR) is 79.1 cm³/mol. The zero-order chi connectivity index (χ0) is 13.8. The fourth-order valence-corrected chi connectivity index (χ4v) is 3.21. The first-order valence-corrected chi connectivity index (χ1v) is 7.40. The average molecular weight is 262 g/mol. The van der Waals surface area contributed by atoms with E-state index in [1.807, 2.05) is 12.1 Å². The van der Waals surface area contributed by atoms with Gasteiger partial charge < -0.3 is 10.8 Å². The topological polar surface area (TPSA) is 49.5 Å². The van der Waals surface area contributed by atoms with Crippen LogP contribution >= 0.6 is 0 Å². The molecule has 3 atom stereocenters. The largest absolute Gasteiger partial charge is 0.508 e. The van der Waals surface area contributed by atoms with Crippen molar-refractivity contribution in [2.24, 2.45) is 11.7 Å². The highest BCUT2D eigenvalue weighted by Crippen LogP contribution is 2.32. The summed E-state index contributed by atoms with van der Waals surface area (Å²) in [6.45, 7) is 6.37. The zero-order valence-corrected chi connectivity index (χ0v) is 12.0.